The largest absolute Gasteiger partial charge is 0.497 e. The summed E-state index contributed by atoms with van der Waals surface area (Å²) in [5.74, 6) is -0.00729. The van der Waals surface area contributed by atoms with Crippen LogP contribution >= 0.6 is 0 Å². The van der Waals surface area contributed by atoms with Gasteiger partial charge in [-0.25, -0.2) is 4.39 Å². The lowest BCUT2D eigenvalue weighted by Gasteiger charge is -2.31. The van der Waals surface area contributed by atoms with Crippen molar-refractivity contribution in [1.29, 1.82) is 0 Å². The van der Waals surface area contributed by atoms with Crippen molar-refractivity contribution in [2.24, 2.45) is 0 Å². The smallest absolute Gasteiger partial charge is 0.243 e. The highest BCUT2D eigenvalue weighted by atomic mass is 19.1. The van der Waals surface area contributed by atoms with Crippen molar-refractivity contribution in [1.82, 2.24) is 10.2 Å². The summed E-state index contributed by atoms with van der Waals surface area (Å²) in [4.78, 5) is 27.8. The Morgan fingerprint density at radius 2 is 1.77 bits per heavy atom. The highest BCUT2D eigenvalue weighted by Crippen LogP contribution is 2.18. The molecule has 2 amide bonds. The molecular formula is C24H31FN2O3. The number of hydrogen-bond donors (Lipinski definition) is 1. The van der Waals surface area contributed by atoms with Crippen LogP contribution in [0, 0.1) is 5.82 Å². The van der Waals surface area contributed by atoms with Gasteiger partial charge in [0.05, 0.1) is 13.5 Å². The first kappa shape index (κ1) is 23.4. The molecule has 0 unspecified atom stereocenters. The predicted molar refractivity (Wildman–Crippen MR) is 116 cm³/mol. The van der Waals surface area contributed by atoms with E-state index in [2.05, 4.69) is 5.32 Å². The Bertz CT molecular complexity index is 839. The van der Waals surface area contributed by atoms with E-state index in [-0.39, 0.29) is 36.6 Å². The second-order valence-electron chi connectivity index (χ2n) is 7.42. The average molecular weight is 415 g/mol. The summed E-state index contributed by atoms with van der Waals surface area (Å²) < 4.78 is 18.5. The highest BCUT2D eigenvalue weighted by Gasteiger charge is 2.29. The van der Waals surface area contributed by atoms with Gasteiger partial charge in [-0.05, 0) is 55.2 Å². The van der Waals surface area contributed by atoms with Gasteiger partial charge in [-0.3, -0.25) is 9.59 Å². The lowest BCUT2D eigenvalue weighted by molar-refractivity contribution is -0.141. The van der Waals surface area contributed by atoms with Crippen LogP contribution in [0.3, 0.4) is 0 Å². The molecule has 0 aromatic heterocycles. The van der Waals surface area contributed by atoms with Gasteiger partial charge in [-0.15, -0.1) is 0 Å². The van der Waals surface area contributed by atoms with E-state index in [0.29, 0.717) is 17.7 Å². The van der Waals surface area contributed by atoms with Crippen molar-refractivity contribution >= 4 is 11.8 Å². The van der Waals surface area contributed by atoms with E-state index in [9.17, 15) is 14.0 Å². The zero-order valence-corrected chi connectivity index (χ0v) is 18.2. The van der Waals surface area contributed by atoms with E-state index in [4.69, 9.17) is 4.74 Å². The molecule has 2 atom stereocenters. The molecule has 0 aliphatic rings. The molecule has 0 spiro atoms. The molecule has 6 heteroatoms. The molecule has 2 aromatic rings. The van der Waals surface area contributed by atoms with Crippen LogP contribution in [-0.4, -0.2) is 35.9 Å². The quantitative estimate of drug-likeness (QED) is 0.637. The van der Waals surface area contributed by atoms with Gasteiger partial charge < -0.3 is 15.0 Å². The normalized spacial score (nSPS) is 12.7. The maximum Gasteiger partial charge on any atom is 0.243 e. The summed E-state index contributed by atoms with van der Waals surface area (Å²) in [5.41, 5.74) is 1.57. The Morgan fingerprint density at radius 3 is 2.37 bits per heavy atom. The second kappa shape index (κ2) is 11.3. The molecule has 0 aliphatic carbocycles. The molecular weight excluding hydrogens is 383 g/mol. The minimum atomic E-state index is -0.599. The van der Waals surface area contributed by atoms with E-state index < -0.39 is 6.04 Å². The third-order valence-electron chi connectivity index (χ3n) is 5.14. The summed E-state index contributed by atoms with van der Waals surface area (Å²) in [5, 5.41) is 2.99. The Hall–Kier alpha value is -2.89. The first-order chi connectivity index (χ1) is 14.4. The van der Waals surface area contributed by atoms with Gasteiger partial charge in [-0.2, -0.15) is 0 Å². The number of ether oxygens (including phenoxy) is 1. The van der Waals surface area contributed by atoms with Crippen LogP contribution in [0.1, 0.15) is 44.7 Å². The number of hydrogen-bond acceptors (Lipinski definition) is 3. The number of amides is 2. The van der Waals surface area contributed by atoms with Crippen LogP contribution in [0.25, 0.3) is 0 Å². The molecule has 30 heavy (non-hydrogen) atoms. The van der Waals surface area contributed by atoms with Crippen molar-refractivity contribution in [2.45, 2.75) is 58.7 Å². The van der Waals surface area contributed by atoms with E-state index in [1.165, 1.54) is 12.1 Å². The molecule has 0 radical (unpaired) electrons. The molecule has 0 bridgehead atoms. The first-order valence-electron chi connectivity index (χ1n) is 10.3. The highest BCUT2D eigenvalue weighted by molar-refractivity contribution is 5.88. The van der Waals surface area contributed by atoms with Gasteiger partial charge in [-0.1, -0.05) is 38.1 Å². The third kappa shape index (κ3) is 6.58. The number of carbonyl (C=O) groups is 2. The zero-order chi connectivity index (χ0) is 22.1. The number of nitrogens with one attached hydrogen (secondary N) is 1. The predicted octanol–water partition coefficient (Wildman–Crippen LogP) is 4.10. The van der Waals surface area contributed by atoms with Crippen molar-refractivity contribution in [3.05, 3.63) is 65.5 Å². The number of methoxy groups -OCH3 is 1. The Labute approximate surface area is 178 Å². The monoisotopic (exact) mass is 414 g/mol. The molecule has 0 saturated heterocycles. The van der Waals surface area contributed by atoms with E-state index in [0.717, 1.165) is 12.0 Å². The zero-order valence-electron chi connectivity index (χ0n) is 18.2. The third-order valence-corrected chi connectivity index (χ3v) is 5.14. The molecule has 0 saturated carbocycles. The van der Waals surface area contributed by atoms with Crippen molar-refractivity contribution in [3.63, 3.8) is 0 Å². The fourth-order valence-electron chi connectivity index (χ4n) is 3.21. The summed E-state index contributed by atoms with van der Waals surface area (Å²) in [6, 6.07) is 12.7. The number of nitrogens with zero attached hydrogens (tertiary/aromatic N) is 1. The standard InChI is InChI=1S/C24H31FN2O3/c1-5-17(3)26-24(29)22(6-2)27(16-19-8-7-9-21(14-19)30-4)23(28)15-18-10-12-20(25)13-11-18/h7-14,17,22H,5-6,15-16H2,1-4H3,(H,26,29)/t17-,22+/m1/s1. The van der Waals surface area contributed by atoms with Crippen LogP contribution in [0.2, 0.25) is 0 Å². The Balaban J connectivity index is 2.30. The molecule has 1 N–H and O–H groups in total. The van der Waals surface area contributed by atoms with Crippen LogP contribution in [0.4, 0.5) is 4.39 Å². The minimum absolute atomic E-state index is 0.0254. The first-order valence-corrected chi connectivity index (χ1v) is 10.3. The molecule has 0 aliphatic heterocycles. The summed E-state index contributed by atoms with van der Waals surface area (Å²) in [6.07, 6.45) is 1.39. The van der Waals surface area contributed by atoms with Crippen LogP contribution < -0.4 is 10.1 Å². The van der Waals surface area contributed by atoms with Gasteiger partial charge in [0.2, 0.25) is 11.8 Å². The Kier molecular flexibility index (Phi) is 8.84. The molecule has 0 heterocycles. The van der Waals surface area contributed by atoms with Gasteiger partial charge in [0.1, 0.15) is 17.6 Å². The van der Waals surface area contributed by atoms with Crippen LogP contribution in [0.15, 0.2) is 48.5 Å². The Morgan fingerprint density at radius 1 is 1.07 bits per heavy atom. The lowest BCUT2D eigenvalue weighted by Crippen LogP contribution is -2.51. The summed E-state index contributed by atoms with van der Waals surface area (Å²) in [7, 11) is 1.59. The van der Waals surface area contributed by atoms with Crippen molar-refractivity contribution in [2.75, 3.05) is 7.11 Å². The van der Waals surface area contributed by atoms with Crippen molar-refractivity contribution < 1.29 is 18.7 Å². The maximum absolute atomic E-state index is 13.2. The molecule has 2 rings (SSSR count). The van der Waals surface area contributed by atoms with Crippen LogP contribution in [0.5, 0.6) is 5.75 Å². The van der Waals surface area contributed by atoms with E-state index in [1.807, 2.05) is 45.0 Å². The molecule has 0 fully saturated rings. The molecule has 2 aromatic carbocycles. The van der Waals surface area contributed by atoms with E-state index >= 15 is 0 Å². The number of halogens is 1. The maximum atomic E-state index is 13.2. The fourth-order valence-corrected chi connectivity index (χ4v) is 3.21. The summed E-state index contributed by atoms with van der Waals surface area (Å²) in [6.45, 7) is 6.12. The SMILES string of the molecule is CC[C@@H](C)NC(=O)[C@H](CC)N(Cc1cccc(OC)c1)C(=O)Cc1ccc(F)cc1. The van der Waals surface area contributed by atoms with Gasteiger partial charge >= 0.3 is 0 Å². The van der Waals surface area contributed by atoms with Gasteiger partial charge in [0, 0.05) is 12.6 Å². The van der Waals surface area contributed by atoms with E-state index in [1.54, 1.807) is 24.1 Å². The molecule has 162 valence electrons. The second-order valence-corrected chi connectivity index (χ2v) is 7.42. The average Bonchev–Trinajstić information content (AvgIpc) is 2.75. The van der Waals surface area contributed by atoms with Gasteiger partial charge in [0.25, 0.3) is 0 Å². The topological polar surface area (TPSA) is 58.6 Å². The molecule has 5 nitrogen and oxygen atoms in total. The van der Waals surface area contributed by atoms with Gasteiger partial charge in [0.15, 0.2) is 0 Å². The van der Waals surface area contributed by atoms with Crippen molar-refractivity contribution in [3.8, 4) is 5.75 Å². The number of rotatable bonds is 10. The van der Waals surface area contributed by atoms with Crippen LogP contribution in [-0.2, 0) is 22.6 Å². The lowest BCUT2D eigenvalue weighted by atomic mass is 10.1. The number of carbonyl (C=O) groups excluding carboxylic acids is 2. The summed E-state index contributed by atoms with van der Waals surface area (Å²) >= 11 is 0. The minimum Gasteiger partial charge on any atom is -0.497 e. The fraction of sp³-hybridized carbons (Fsp3) is 0.417. The number of benzene rings is 2.